The molecule has 1 aromatic rings. The lowest BCUT2D eigenvalue weighted by molar-refractivity contribution is 0.0397. The molecule has 1 atom stereocenters. The van der Waals surface area contributed by atoms with Gasteiger partial charge in [-0.05, 0) is 18.1 Å². The number of thioether (sulfide) groups is 1. The van der Waals surface area contributed by atoms with E-state index in [1.54, 1.807) is 10.5 Å². The van der Waals surface area contributed by atoms with Crippen molar-refractivity contribution in [3.63, 3.8) is 0 Å². The van der Waals surface area contributed by atoms with Gasteiger partial charge in [0.05, 0.1) is 19.0 Å². The van der Waals surface area contributed by atoms with Crippen molar-refractivity contribution in [2.24, 2.45) is 0 Å². The van der Waals surface area contributed by atoms with Crippen LogP contribution in [0, 0.1) is 0 Å². The molecule has 110 valence electrons. The number of hydrogen-bond acceptors (Lipinski definition) is 5. The average Bonchev–Trinajstić information content (AvgIpc) is 2.79. The molecule has 7 heteroatoms. The first-order chi connectivity index (χ1) is 9.47. The maximum absolute atomic E-state index is 11.4. The van der Waals surface area contributed by atoms with Crippen LogP contribution in [0.15, 0.2) is 24.5 Å². The number of sulfonamides is 1. The van der Waals surface area contributed by atoms with Crippen LogP contribution < -0.4 is 0 Å². The lowest BCUT2D eigenvalue weighted by atomic mass is 9.95. The Morgan fingerprint density at radius 1 is 1.55 bits per heavy atom. The average molecular weight is 314 g/mol. The third-order valence-corrected chi connectivity index (χ3v) is 6.55. The second-order valence-corrected chi connectivity index (χ2v) is 8.99. The van der Waals surface area contributed by atoms with Gasteiger partial charge in [-0.15, -0.1) is 11.8 Å². The number of nitrogens with zero attached hydrogens (tertiary/aromatic N) is 2. The molecule has 0 saturated carbocycles. The Morgan fingerprint density at radius 2 is 2.35 bits per heavy atom. The fourth-order valence-electron chi connectivity index (χ4n) is 2.66. The fourth-order valence-corrected chi connectivity index (χ4v) is 5.34. The fraction of sp³-hybridized carbons (Fsp3) is 0.615. The van der Waals surface area contributed by atoms with Crippen molar-refractivity contribution in [2.75, 3.05) is 25.1 Å². The minimum absolute atomic E-state index is 0.0860. The highest BCUT2D eigenvalue weighted by atomic mass is 32.2. The van der Waals surface area contributed by atoms with E-state index in [0.717, 1.165) is 17.7 Å². The van der Waals surface area contributed by atoms with Gasteiger partial charge in [-0.25, -0.2) is 8.42 Å². The molecule has 2 fully saturated rings. The van der Waals surface area contributed by atoms with Gasteiger partial charge in [-0.1, -0.05) is 6.07 Å². The molecule has 3 rings (SSSR count). The second kappa shape index (κ2) is 5.29. The summed E-state index contributed by atoms with van der Waals surface area (Å²) in [5.74, 6) is 0.942. The summed E-state index contributed by atoms with van der Waals surface area (Å²) in [5.41, 5.74) is 1.07. The number of aromatic nitrogens is 1. The van der Waals surface area contributed by atoms with Gasteiger partial charge >= 0.3 is 0 Å². The van der Waals surface area contributed by atoms with Gasteiger partial charge in [0.1, 0.15) is 0 Å². The van der Waals surface area contributed by atoms with E-state index in [0.29, 0.717) is 19.7 Å². The van der Waals surface area contributed by atoms with Crippen LogP contribution >= 0.6 is 11.8 Å². The normalized spacial score (nSPS) is 25.8. The summed E-state index contributed by atoms with van der Waals surface area (Å²) in [7, 11) is -3.03. The summed E-state index contributed by atoms with van der Waals surface area (Å²) in [6.07, 6.45) is 5.98. The van der Waals surface area contributed by atoms with Crippen LogP contribution in [-0.4, -0.2) is 53.7 Å². The van der Waals surface area contributed by atoms with E-state index >= 15 is 0 Å². The summed E-state index contributed by atoms with van der Waals surface area (Å²) < 4.78 is 30.4. The van der Waals surface area contributed by atoms with Crippen molar-refractivity contribution in [3.05, 3.63) is 30.1 Å². The highest BCUT2D eigenvalue weighted by Gasteiger charge is 2.52. The summed E-state index contributed by atoms with van der Waals surface area (Å²) in [6, 6.07) is 3.90. The van der Waals surface area contributed by atoms with Crippen LogP contribution in [-0.2, 0) is 21.4 Å². The molecule has 2 aliphatic heterocycles. The molecule has 5 nitrogen and oxygen atoms in total. The molecule has 1 aromatic heterocycles. The zero-order valence-corrected chi connectivity index (χ0v) is 13.0. The maximum atomic E-state index is 11.4. The molecule has 2 aliphatic rings. The van der Waals surface area contributed by atoms with E-state index in [2.05, 4.69) is 4.98 Å². The van der Waals surface area contributed by atoms with Crippen molar-refractivity contribution in [2.45, 2.75) is 23.9 Å². The van der Waals surface area contributed by atoms with E-state index in [4.69, 9.17) is 4.74 Å². The minimum atomic E-state index is -3.03. The topological polar surface area (TPSA) is 59.5 Å². The van der Waals surface area contributed by atoms with Gasteiger partial charge in [-0.3, -0.25) is 4.98 Å². The minimum Gasteiger partial charge on any atom is -0.373 e. The second-order valence-electron chi connectivity index (χ2n) is 5.52. The molecular weight excluding hydrogens is 296 g/mol. The molecule has 0 amide bonds. The van der Waals surface area contributed by atoms with Gasteiger partial charge in [0, 0.05) is 36.0 Å². The summed E-state index contributed by atoms with van der Waals surface area (Å²) >= 11 is 1.85. The predicted molar refractivity (Wildman–Crippen MR) is 79.0 cm³/mol. The SMILES string of the molecule is CS(=O)(=O)N1CC2(C[C@H](OCc3cccnc3)CS2)C1. The number of pyridine rings is 1. The molecule has 1 spiro atoms. The van der Waals surface area contributed by atoms with Crippen LogP contribution in [0.3, 0.4) is 0 Å². The lowest BCUT2D eigenvalue weighted by Gasteiger charge is -2.45. The Kier molecular flexibility index (Phi) is 3.79. The molecule has 0 unspecified atom stereocenters. The van der Waals surface area contributed by atoms with E-state index in [-0.39, 0.29) is 10.9 Å². The summed E-state index contributed by atoms with van der Waals surface area (Å²) in [6.45, 7) is 1.83. The van der Waals surface area contributed by atoms with E-state index in [1.807, 2.05) is 30.1 Å². The van der Waals surface area contributed by atoms with Crippen molar-refractivity contribution in [3.8, 4) is 0 Å². The van der Waals surface area contributed by atoms with Gasteiger partial charge in [-0.2, -0.15) is 4.31 Å². The summed E-state index contributed by atoms with van der Waals surface area (Å²) in [5, 5.41) is 0. The molecule has 20 heavy (non-hydrogen) atoms. The van der Waals surface area contributed by atoms with Crippen molar-refractivity contribution in [1.29, 1.82) is 0 Å². The quantitative estimate of drug-likeness (QED) is 0.833. The van der Waals surface area contributed by atoms with Crippen LogP contribution in [0.4, 0.5) is 0 Å². The Labute approximate surface area is 123 Å². The van der Waals surface area contributed by atoms with Gasteiger partial charge < -0.3 is 4.74 Å². The molecule has 3 heterocycles. The molecule has 0 N–H and O–H groups in total. The predicted octanol–water partition coefficient (Wildman–Crippen LogP) is 1.12. The molecule has 2 saturated heterocycles. The van der Waals surface area contributed by atoms with Crippen molar-refractivity contribution >= 4 is 21.8 Å². The zero-order valence-electron chi connectivity index (χ0n) is 11.4. The molecule has 0 aromatic carbocycles. The highest BCUT2D eigenvalue weighted by molar-refractivity contribution is 8.01. The molecule has 0 radical (unpaired) electrons. The monoisotopic (exact) mass is 314 g/mol. The van der Waals surface area contributed by atoms with Crippen LogP contribution in [0.5, 0.6) is 0 Å². The Morgan fingerprint density at radius 3 is 3.00 bits per heavy atom. The third-order valence-electron chi connectivity index (χ3n) is 3.78. The van der Waals surface area contributed by atoms with Crippen molar-refractivity contribution in [1.82, 2.24) is 9.29 Å². The Hall–Kier alpha value is -0.630. The Balaban J connectivity index is 1.49. The molecule has 0 aliphatic carbocycles. The van der Waals surface area contributed by atoms with E-state index < -0.39 is 10.0 Å². The van der Waals surface area contributed by atoms with Gasteiger partial charge in [0.25, 0.3) is 0 Å². The maximum Gasteiger partial charge on any atom is 0.211 e. The van der Waals surface area contributed by atoms with Gasteiger partial charge in [0.15, 0.2) is 0 Å². The number of ether oxygens (including phenoxy) is 1. The highest BCUT2D eigenvalue weighted by Crippen LogP contribution is 2.46. The third kappa shape index (κ3) is 3.00. The van der Waals surface area contributed by atoms with Crippen LogP contribution in [0.1, 0.15) is 12.0 Å². The lowest BCUT2D eigenvalue weighted by Crippen LogP contribution is -2.60. The van der Waals surface area contributed by atoms with Gasteiger partial charge in [0.2, 0.25) is 10.0 Å². The zero-order chi connectivity index (χ0) is 14.2. The number of hydrogen-bond donors (Lipinski definition) is 0. The standard InChI is InChI=1S/C13H18N2O3S2/c1-20(16,17)15-9-13(10-15)5-12(8-19-13)18-7-11-3-2-4-14-6-11/h2-4,6,12H,5,7-10H2,1H3/t12-/m0/s1. The first kappa shape index (κ1) is 14.3. The summed E-state index contributed by atoms with van der Waals surface area (Å²) in [4.78, 5) is 4.06. The largest absolute Gasteiger partial charge is 0.373 e. The first-order valence-corrected chi connectivity index (χ1v) is 9.40. The first-order valence-electron chi connectivity index (χ1n) is 6.56. The molecule has 0 bridgehead atoms. The van der Waals surface area contributed by atoms with Crippen LogP contribution in [0.25, 0.3) is 0 Å². The van der Waals surface area contributed by atoms with E-state index in [9.17, 15) is 8.42 Å². The number of rotatable bonds is 4. The smallest absolute Gasteiger partial charge is 0.211 e. The molecular formula is C13H18N2O3S2. The van der Waals surface area contributed by atoms with E-state index in [1.165, 1.54) is 6.26 Å². The Bertz CT molecular complexity index is 571. The van der Waals surface area contributed by atoms with Crippen LogP contribution in [0.2, 0.25) is 0 Å². The van der Waals surface area contributed by atoms with Crippen molar-refractivity contribution < 1.29 is 13.2 Å².